The maximum Gasteiger partial charge on any atom is 0.238 e. The molecule has 7 nitrogen and oxygen atoms in total. The summed E-state index contributed by atoms with van der Waals surface area (Å²) in [6, 6.07) is 12.9. The van der Waals surface area contributed by atoms with E-state index < -0.39 is 10.0 Å². The number of fused-ring (bicyclic) bond motifs is 3. The highest BCUT2D eigenvalue weighted by Crippen LogP contribution is 2.31. The van der Waals surface area contributed by atoms with Crippen LogP contribution in [-0.4, -0.2) is 34.5 Å². The van der Waals surface area contributed by atoms with Gasteiger partial charge in [-0.3, -0.25) is 0 Å². The molecule has 0 atom stereocenters. The Morgan fingerprint density at radius 3 is 2.56 bits per heavy atom. The molecule has 4 aromatic rings. The fourth-order valence-electron chi connectivity index (χ4n) is 3.11. The topological polar surface area (TPSA) is 103 Å². The van der Waals surface area contributed by atoms with E-state index in [2.05, 4.69) is 10.2 Å². The largest absolute Gasteiger partial charge is 0.238 e. The van der Waals surface area contributed by atoms with Crippen molar-refractivity contribution in [3.8, 4) is 11.3 Å². The van der Waals surface area contributed by atoms with Crippen LogP contribution in [0.3, 0.4) is 0 Å². The number of rotatable bonds is 4. The fraction of sp³-hybridized carbons (Fsp3) is 0.167. The molecule has 0 amide bonds. The van der Waals surface area contributed by atoms with Gasteiger partial charge in [0.2, 0.25) is 10.0 Å². The first kappa shape index (κ1) is 17.9. The molecule has 0 fully saturated rings. The number of hydrogen-bond acceptors (Lipinski definition) is 6. The van der Waals surface area contributed by atoms with Gasteiger partial charge < -0.3 is 0 Å². The third-order valence-electron chi connectivity index (χ3n) is 4.37. The van der Waals surface area contributed by atoms with Crippen molar-refractivity contribution in [3.05, 3.63) is 53.9 Å². The van der Waals surface area contributed by atoms with E-state index in [1.165, 1.54) is 0 Å². The first-order valence-electron chi connectivity index (χ1n) is 8.16. The lowest BCUT2D eigenvalue weighted by Gasteiger charge is -2.11. The Morgan fingerprint density at radius 2 is 1.85 bits per heavy atom. The van der Waals surface area contributed by atoms with Crippen LogP contribution in [-0.2, 0) is 15.8 Å². The second-order valence-electron chi connectivity index (χ2n) is 6.20. The summed E-state index contributed by atoms with van der Waals surface area (Å²) in [5.74, 6) is 1.41. The van der Waals surface area contributed by atoms with Crippen LogP contribution >= 0.6 is 11.8 Å². The van der Waals surface area contributed by atoms with Gasteiger partial charge in [-0.05, 0) is 24.8 Å². The molecule has 0 saturated carbocycles. The first-order valence-corrected chi connectivity index (χ1v) is 11.1. The average Bonchev–Trinajstić information content (AvgIpc) is 3.04. The third-order valence-corrected chi connectivity index (χ3v) is 5.97. The monoisotopic (exact) mass is 399 g/mol. The first-order chi connectivity index (χ1) is 12.9. The van der Waals surface area contributed by atoms with Crippen molar-refractivity contribution in [2.24, 2.45) is 5.14 Å². The van der Waals surface area contributed by atoms with E-state index in [0.29, 0.717) is 28.2 Å². The fourth-order valence-corrected chi connectivity index (χ4v) is 4.36. The van der Waals surface area contributed by atoms with Gasteiger partial charge in [0, 0.05) is 16.3 Å². The maximum absolute atomic E-state index is 11.9. The molecular weight excluding hydrogens is 382 g/mol. The molecular formula is C18H17N5O2S2. The van der Waals surface area contributed by atoms with Crippen molar-refractivity contribution in [1.29, 1.82) is 0 Å². The summed E-state index contributed by atoms with van der Waals surface area (Å²) in [5.41, 5.74) is 2.60. The number of aryl methyl sites for hydroxylation is 1. The molecule has 2 N–H and O–H groups in total. The van der Waals surface area contributed by atoms with Crippen LogP contribution in [0.2, 0.25) is 0 Å². The summed E-state index contributed by atoms with van der Waals surface area (Å²) >= 11 is 1.63. The molecule has 0 aliphatic carbocycles. The average molecular weight is 400 g/mol. The number of nitrogens with two attached hydrogens (primary N) is 1. The molecule has 9 heteroatoms. The van der Waals surface area contributed by atoms with Crippen molar-refractivity contribution in [2.45, 2.75) is 17.6 Å². The number of primary sulfonamides is 1. The standard InChI is InChI=1S/C18H17N5O2S2/c1-11-7-8-12(9-15(11)27(19,24)25)17-13-5-3-4-6-14(13)18-21-20-16(10-26-2)23(18)22-17/h3-9H,10H2,1-2H3,(H2,19,24,25). The lowest BCUT2D eigenvalue weighted by molar-refractivity contribution is 0.597. The Balaban J connectivity index is 2.07. The highest BCUT2D eigenvalue weighted by atomic mass is 32.2. The van der Waals surface area contributed by atoms with Crippen LogP contribution in [0.1, 0.15) is 11.4 Å². The second-order valence-corrected chi connectivity index (χ2v) is 8.60. The van der Waals surface area contributed by atoms with Gasteiger partial charge in [-0.15, -0.1) is 10.2 Å². The van der Waals surface area contributed by atoms with Crippen LogP contribution in [0.4, 0.5) is 0 Å². The zero-order valence-electron chi connectivity index (χ0n) is 14.7. The molecule has 4 rings (SSSR count). The molecule has 0 aliphatic rings. The van der Waals surface area contributed by atoms with Crippen LogP contribution in [0.5, 0.6) is 0 Å². The van der Waals surface area contributed by atoms with Gasteiger partial charge in [0.25, 0.3) is 0 Å². The highest BCUT2D eigenvalue weighted by molar-refractivity contribution is 7.97. The molecule has 2 aromatic heterocycles. The maximum atomic E-state index is 11.9. The van der Waals surface area contributed by atoms with E-state index in [0.717, 1.165) is 16.6 Å². The molecule has 0 bridgehead atoms. The van der Waals surface area contributed by atoms with E-state index >= 15 is 0 Å². The van der Waals surface area contributed by atoms with Crippen molar-refractivity contribution in [3.63, 3.8) is 0 Å². The van der Waals surface area contributed by atoms with E-state index in [-0.39, 0.29) is 4.90 Å². The molecule has 0 unspecified atom stereocenters. The van der Waals surface area contributed by atoms with Crippen molar-refractivity contribution in [2.75, 3.05) is 6.26 Å². The Labute approximate surface area is 160 Å². The Bertz CT molecular complexity index is 1280. The molecule has 0 aliphatic heterocycles. The SMILES string of the molecule is CSCc1nnc2c3ccccc3c(-c3ccc(C)c(S(N)(=O)=O)c3)nn12. The van der Waals surface area contributed by atoms with Gasteiger partial charge in [-0.25, -0.2) is 13.6 Å². The van der Waals surface area contributed by atoms with Gasteiger partial charge in [0.1, 0.15) is 0 Å². The molecule has 138 valence electrons. The number of nitrogens with zero attached hydrogens (tertiary/aromatic N) is 4. The molecule has 0 saturated heterocycles. The molecule has 27 heavy (non-hydrogen) atoms. The minimum absolute atomic E-state index is 0.0964. The summed E-state index contributed by atoms with van der Waals surface area (Å²) < 4.78 is 25.6. The number of hydrogen-bond donors (Lipinski definition) is 1. The summed E-state index contributed by atoms with van der Waals surface area (Å²) in [4.78, 5) is 0.0964. The van der Waals surface area contributed by atoms with E-state index in [1.807, 2.05) is 36.6 Å². The van der Waals surface area contributed by atoms with Crippen molar-refractivity contribution >= 4 is 38.2 Å². The predicted octanol–water partition coefficient (Wildman–Crippen LogP) is 2.76. The number of aromatic nitrogens is 4. The van der Waals surface area contributed by atoms with Gasteiger partial charge in [0.05, 0.1) is 16.3 Å². The number of sulfonamides is 1. The van der Waals surface area contributed by atoms with Crippen LogP contribution in [0.15, 0.2) is 47.4 Å². The van der Waals surface area contributed by atoms with E-state index in [1.54, 1.807) is 35.3 Å². The summed E-state index contributed by atoms with van der Waals surface area (Å²) in [5, 5.41) is 20.4. The third kappa shape index (κ3) is 3.07. The van der Waals surface area contributed by atoms with Crippen molar-refractivity contribution in [1.82, 2.24) is 19.8 Å². The molecule has 2 heterocycles. The van der Waals surface area contributed by atoms with Gasteiger partial charge >= 0.3 is 0 Å². The van der Waals surface area contributed by atoms with Crippen LogP contribution in [0, 0.1) is 6.92 Å². The summed E-state index contributed by atoms with van der Waals surface area (Å²) in [6.07, 6.45) is 1.99. The zero-order valence-corrected chi connectivity index (χ0v) is 16.4. The summed E-state index contributed by atoms with van der Waals surface area (Å²) in [7, 11) is -3.83. The highest BCUT2D eigenvalue weighted by Gasteiger charge is 2.18. The van der Waals surface area contributed by atoms with Gasteiger partial charge in [-0.1, -0.05) is 36.4 Å². The molecule has 0 spiro atoms. The lowest BCUT2D eigenvalue weighted by Crippen LogP contribution is -2.13. The lowest BCUT2D eigenvalue weighted by atomic mass is 10.0. The second kappa shape index (κ2) is 6.59. The predicted molar refractivity (Wildman–Crippen MR) is 107 cm³/mol. The summed E-state index contributed by atoms with van der Waals surface area (Å²) in [6.45, 7) is 1.72. The normalized spacial score (nSPS) is 12.1. The van der Waals surface area contributed by atoms with E-state index in [4.69, 9.17) is 10.2 Å². The zero-order chi connectivity index (χ0) is 19.2. The minimum atomic E-state index is -3.83. The van der Waals surface area contributed by atoms with Gasteiger partial charge in [-0.2, -0.15) is 21.4 Å². The smallest absolute Gasteiger partial charge is 0.225 e. The quantitative estimate of drug-likeness (QED) is 0.566. The number of benzene rings is 2. The molecule has 2 aromatic carbocycles. The Hall–Kier alpha value is -2.49. The van der Waals surface area contributed by atoms with Gasteiger partial charge in [0.15, 0.2) is 11.5 Å². The van der Waals surface area contributed by atoms with E-state index in [9.17, 15) is 8.42 Å². The molecule has 0 radical (unpaired) electrons. The van der Waals surface area contributed by atoms with Crippen molar-refractivity contribution < 1.29 is 8.42 Å². The van der Waals surface area contributed by atoms with Crippen LogP contribution in [0.25, 0.3) is 27.7 Å². The Kier molecular flexibility index (Phi) is 4.37. The van der Waals surface area contributed by atoms with Crippen LogP contribution < -0.4 is 5.14 Å². The minimum Gasteiger partial charge on any atom is -0.225 e. The Morgan fingerprint density at radius 1 is 1.11 bits per heavy atom. The number of thioether (sulfide) groups is 1.